The van der Waals surface area contributed by atoms with E-state index in [-0.39, 0.29) is 10.6 Å². The first-order chi connectivity index (χ1) is 8.82. The monoisotopic (exact) mass is 284 g/mol. The minimum atomic E-state index is -4.13. The third-order valence-corrected chi connectivity index (χ3v) is 3.98. The summed E-state index contributed by atoms with van der Waals surface area (Å²) in [6, 6.07) is 3.78. The Labute approximate surface area is 107 Å². The molecular formula is C9H8N4O5S. The van der Waals surface area contributed by atoms with Gasteiger partial charge in [0.25, 0.3) is 10.0 Å². The third-order valence-electron chi connectivity index (χ3n) is 2.32. The number of phenolic OH excluding ortho intramolecular Hbond substituents is 1. The van der Waals surface area contributed by atoms with Crippen molar-refractivity contribution < 1.29 is 18.4 Å². The summed E-state index contributed by atoms with van der Waals surface area (Å²) in [5.41, 5.74) is 0.371. The zero-order valence-electron chi connectivity index (χ0n) is 9.59. The summed E-state index contributed by atoms with van der Waals surface area (Å²) in [7, 11) is -4.13. The highest BCUT2D eigenvalue weighted by molar-refractivity contribution is 7.89. The smallest absolute Gasteiger partial charge is 0.492 e. The maximum absolute atomic E-state index is 12.2. The number of hydrogen-bond acceptors (Lipinski definition) is 7. The number of benzene rings is 1. The van der Waals surface area contributed by atoms with Crippen molar-refractivity contribution in [2.24, 2.45) is 0 Å². The number of rotatable bonds is 3. The lowest BCUT2D eigenvalue weighted by Gasteiger charge is -2.05. The van der Waals surface area contributed by atoms with Crippen LogP contribution in [0.15, 0.2) is 29.4 Å². The van der Waals surface area contributed by atoms with Gasteiger partial charge in [0.15, 0.2) is 0 Å². The van der Waals surface area contributed by atoms with Crippen LogP contribution in [0.25, 0.3) is 0 Å². The van der Waals surface area contributed by atoms with Gasteiger partial charge in [-0.05, 0) is 28.5 Å². The summed E-state index contributed by atoms with van der Waals surface area (Å²) in [5, 5.41) is 23.0. The Morgan fingerprint density at radius 2 is 2.11 bits per heavy atom. The van der Waals surface area contributed by atoms with Gasteiger partial charge >= 0.3 is 5.95 Å². The number of aryl methyl sites for hydroxylation is 1. The topological polar surface area (TPSA) is 128 Å². The van der Waals surface area contributed by atoms with E-state index < -0.39 is 20.9 Å². The summed E-state index contributed by atoms with van der Waals surface area (Å²) in [6.45, 7) is 1.53. The highest BCUT2D eigenvalue weighted by Gasteiger charge is 2.26. The van der Waals surface area contributed by atoms with Gasteiger partial charge in [-0.2, -0.15) is 8.42 Å². The van der Waals surface area contributed by atoms with Crippen molar-refractivity contribution in [3.8, 4) is 5.75 Å². The molecule has 0 unspecified atom stereocenters. The van der Waals surface area contributed by atoms with E-state index in [0.29, 0.717) is 9.65 Å². The first-order valence-electron chi connectivity index (χ1n) is 4.93. The maximum atomic E-state index is 12.2. The molecule has 0 aliphatic carbocycles. The zero-order chi connectivity index (χ0) is 14.2. The maximum Gasteiger partial charge on any atom is 0.492 e. The molecule has 0 aliphatic heterocycles. The lowest BCUT2D eigenvalue weighted by Crippen LogP contribution is -2.15. The van der Waals surface area contributed by atoms with Crippen LogP contribution in [0.4, 0.5) is 5.95 Å². The standard InChI is InChI=1S/C9H8N4O5S/c1-6-2-3-7(14)4-8(6)19(17,18)12-5-10-9(11-12)13(15)16/h2-5,14H,1H3. The molecule has 1 N–H and O–H groups in total. The fourth-order valence-electron chi connectivity index (χ4n) is 1.41. The number of nitro groups is 1. The number of aromatic hydroxyl groups is 1. The molecule has 10 heteroatoms. The van der Waals surface area contributed by atoms with Gasteiger partial charge in [-0.3, -0.25) is 0 Å². The molecule has 2 rings (SSSR count). The summed E-state index contributed by atoms with van der Waals surface area (Å²) < 4.78 is 24.7. The Hall–Kier alpha value is -2.49. The zero-order valence-corrected chi connectivity index (χ0v) is 10.4. The van der Waals surface area contributed by atoms with Crippen LogP contribution in [0.1, 0.15) is 5.56 Å². The van der Waals surface area contributed by atoms with Crippen molar-refractivity contribution >= 4 is 16.0 Å². The summed E-state index contributed by atoms with van der Waals surface area (Å²) in [4.78, 5) is 12.6. The SMILES string of the molecule is Cc1ccc(O)cc1S(=O)(=O)n1cnc([N+](=O)[O-])n1. The van der Waals surface area contributed by atoms with E-state index in [9.17, 15) is 23.6 Å². The van der Waals surface area contributed by atoms with Crippen molar-refractivity contribution in [1.29, 1.82) is 0 Å². The first-order valence-corrected chi connectivity index (χ1v) is 6.37. The molecule has 1 aromatic heterocycles. The van der Waals surface area contributed by atoms with E-state index in [1.807, 2.05) is 0 Å². The van der Waals surface area contributed by atoms with Crippen molar-refractivity contribution in [2.75, 3.05) is 0 Å². The molecule has 100 valence electrons. The Balaban J connectivity index is 2.58. The summed E-state index contributed by atoms with van der Waals surface area (Å²) in [6.07, 6.45) is 0.733. The van der Waals surface area contributed by atoms with Gasteiger partial charge in [0.2, 0.25) is 6.33 Å². The van der Waals surface area contributed by atoms with Crippen LogP contribution in [0, 0.1) is 17.0 Å². The van der Waals surface area contributed by atoms with Crippen LogP contribution in [-0.2, 0) is 10.0 Å². The number of nitrogens with zero attached hydrogens (tertiary/aromatic N) is 4. The molecule has 0 amide bonds. The molecule has 0 bridgehead atoms. The fourth-order valence-corrected chi connectivity index (χ4v) is 2.71. The molecule has 1 heterocycles. The van der Waals surface area contributed by atoms with Crippen molar-refractivity contribution in [1.82, 2.24) is 14.2 Å². The molecule has 9 nitrogen and oxygen atoms in total. The molecule has 1 aromatic carbocycles. The number of hydrogen-bond donors (Lipinski definition) is 1. The van der Waals surface area contributed by atoms with E-state index in [2.05, 4.69) is 10.1 Å². The molecule has 0 saturated heterocycles. The van der Waals surface area contributed by atoms with E-state index in [0.717, 1.165) is 12.4 Å². The minimum absolute atomic E-state index is 0.202. The Kier molecular flexibility index (Phi) is 2.94. The van der Waals surface area contributed by atoms with Crippen LogP contribution in [0.5, 0.6) is 5.75 Å². The molecule has 0 fully saturated rings. The van der Waals surface area contributed by atoms with Gasteiger partial charge in [-0.1, -0.05) is 10.2 Å². The second kappa shape index (κ2) is 4.31. The van der Waals surface area contributed by atoms with Gasteiger partial charge in [-0.15, -0.1) is 0 Å². The van der Waals surface area contributed by atoms with Crippen LogP contribution in [0.2, 0.25) is 0 Å². The lowest BCUT2D eigenvalue weighted by atomic mass is 10.2. The Bertz CT molecular complexity index is 752. The van der Waals surface area contributed by atoms with E-state index in [1.54, 1.807) is 0 Å². The average Bonchev–Trinajstić information content (AvgIpc) is 2.82. The van der Waals surface area contributed by atoms with Crippen molar-refractivity contribution in [3.63, 3.8) is 0 Å². The molecule has 0 atom stereocenters. The van der Waals surface area contributed by atoms with E-state index in [4.69, 9.17) is 0 Å². The predicted molar refractivity (Wildman–Crippen MR) is 62.1 cm³/mol. The largest absolute Gasteiger partial charge is 0.508 e. The van der Waals surface area contributed by atoms with Gasteiger partial charge < -0.3 is 15.2 Å². The Morgan fingerprint density at radius 1 is 1.42 bits per heavy atom. The molecule has 0 saturated carbocycles. The molecule has 2 aromatic rings. The fraction of sp³-hybridized carbons (Fsp3) is 0.111. The second-order valence-corrected chi connectivity index (χ2v) is 5.39. The number of phenols is 1. The van der Waals surface area contributed by atoms with Crippen LogP contribution < -0.4 is 0 Å². The summed E-state index contributed by atoms with van der Waals surface area (Å²) >= 11 is 0. The normalized spacial score (nSPS) is 11.4. The first kappa shape index (κ1) is 13.0. The molecule has 0 radical (unpaired) electrons. The predicted octanol–water partition coefficient (Wildman–Crippen LogP) is 0.437. The van der Waals surface area contributed by atoms with Gasteiger partial charge in [0, 0.05) is 11.2 Å². The van der Waals surface area contributed by atoms with Crippen LogP contribution in [0.3, 0.4) is 0 Å². The van der Waals surface area contributed by atoms with Gasteiger partial charge in [-0.25, -0.2) is 0 Å². The third kappa shape index (κ3) is 2.25. The molecular weight excluding hydrogens is 276 g/mol. The van der Waals surface area contributed by atoms with Gasteiger partial charge in [0.05, 0.1) is 4.90 Å². The number of aromatic nitrogens is 3. The second-order valence-electron chi connectivity index (χ2n) is 3.63. The van der Waals surface area contributed by atoms with Crippen molar-refractivity contribution in [3.05, 3.63) is 40.2 Å². The van der Waals surface area contributed by atoms with Crippen molar-refractivity contribution in [2.45, 2.75) is 11.8 Å². The highest BCUT2D eigenvalue weighted by Crippen LogP contribution is 2.22. The van der Waals surface area contributed by atoms with Gasteiger partial charge in [0.1, 0.15) is 5.75 Å². The summed E-state index contributed by atoms with van der Waals surface area (Å²) in [5.74, 6) is -1.06. The van der Waals surface area contributed by atoms with Crippen LogP contribution >= 0.6 is 0 Å². The molecule has 0 aliphatic rings. The average molecular weight is 284 g/mol. The van der Waals surface area contributed by atoms with E-state index in [1.165, 1.54) is 19.1 Å². The Morgan fingerprint density at radius 3 is 2.68 bits per heavy atom. The van der Waals surface area contributed by atoms with Crippen LogP contribution in [-0.4, -0.2) is 32.6 Å². The highest BCUT2D eigenvalue weighted by atomic mass is 32.2. The quantitative estimate of drug-likeness (QED) is 0.639. The van der Waals surface area contributed by atoms with E-state index >= 15 is 0 Å². The molecule has 0 spiro atoms. The minimum Gasteiger partial charge on any atom is -0.508 e. The molecule has 19 heavy (non-hydrogen) atoms. The lowest BCUT2D eigenvalue weighted by molar-refractivity contribution is -0.394.